The van der Waals surface area contributed by atoms with Gasteiger partial charge in [-0.1, -0.05) is 6.07 Å². The highest BCUT2D eigenvalue weighted by Crippen LogP contribution is 2.17. The lowest BCUT2D eigenvalue weighted by atomic mass is 10.1. The number of ether oxygens (including phenoxy) is 1. The molecule has 1 aromatic rings. The van der Waals surface area contributed by atoms with Crippen molar-refractivity contribution in [1.29, 1.82) is 0 Å². The number of phenols is 1. The van der Waals surface area contributed by atoms with Crippen LogP contribution in [0, 0.1) is 0 Å². The van der Waals surface area contributed by atoms with E-state index in [1.165, 1.54) is 18.2 Å². The number of aromatic hydroxyl groups is 1. The number of nitrogens with zero attached hydrogens (tertiary/aromatic N) is 1. The molecule has 1 aromatic carbocycles. The van der Waals surface area contributed by atoms with Crippen molar-refractivity contribution in [2.45, 2.75) is 0 Å². The van der Waals surface area contributed by atoms with Crippen molar-refractivity contribution in [2.24, 2.45) is 0 Å². The van der Waals surface area contributed by atoms with Crippen LogP contribution in [-0.4, -0.2) is 48.5 Å². The Morgan fingerprint density at radius 2 is 2.05 bits per heavy atom. The van der Waals surface area contributed by atoms with E-state index in [2.05, 4.69) is 0 Å². The molecule has 0 spiro atoms. The maximum absolute atomic E-state index is 11.9. The van der Waals surface area contributed by atoms with Gasteiger partial charge < -0.3 is 14.7 Å². The lowest BCUT2D eigenvalue weighted by molar-refractivity contribution is -0.129. The van der Waals surface area contributed by atoms with Crippen LogP contribution in [0.4, 0.5) is 0 Å². The van der Waals surface area contributed by atoms with Crippen molar-refractivity contribution in [3.05, 3.63) is 35.4 Å². The number of carbonyl (C=O) groups is 2. The molecule has 0 bridgehead atoms. The summed E-state index contributed by atoms with van der Waals surface area (Å²) in [6.45, 7) is 2.32. The summed E-state index contributed by atoms with van der Waals surface area (Å²) in [7, 11) is 0. The lowest BCUT2D eigenvalue weighted by Crippen LogP contribution is -2.39. The molecule has 0 aromatic heterocycles. The second-order valence-corrected chi connectivity index (χ2v) is 4.21. The molecule has 1 aliphatic rings. The van der Waals surface area contributed by atoms with Gasteiger partial charge in [-0.3, -0.25) is 9.59 Å². The number of phenolic OH excluding ortho intramolecular Hbond substituents is 1. The van der Waals surface area contributed by atoms with Crippen molar-refractivity contribution >= 4 is 18.3 Å². The minimum absolute atomic E-state index is 0.0633. The monoisotopic (exact) mass is 261 g/mol. The topological polar surface area (TPSA) is 66.8 Å². The SMILES string of the molecule is O=Cc1cc(/C=C/C(=O)N2CCOCC2)ccc1O. The van der Waals surface area contributed by atoms with E-state index >= 15 is 0 Å². The number of benzene rings is 1. The first-order valence-corrected chi connectivity index (χ1v) is 6.03. The minimum atomic E-state index is -0.0796. The Balaban J connectivity index is 2.05. The lowest BCUT2D eigenvalue weighted by Gasteiger charge is -2.25. The molecule has 5 nitrogen and oxygen atoms in total. The van der Waals surface area contributed by atoms with Crippen molar-refractivity contribution in [2.75, 3.05) is 26.3 Å². The van der Waals surface area contributed by atoms with E-state index in [4.69, 9.17) is 4.74 Å². The summed E-state index contributed by atoms with van der Waals surface area (Å²) < 4.78 is 5.17. The van der Waals surface area contributed by atoms with Crippen LogP contribution in [0.15, 0.2) is 24.3 Å². The van der Waals surface area contributed by atoms with Crippen molar-refractivity contribution < 1.29 is 19.4 Å². The molecule has 1 heterocycles. The highest BCUT2D eigenvalue weighted by atomic mass is 16.5. The van der Waals surface area contributed by atoms with Crippen molar-refractivity contribution in [1.82, 2.24) is 4.90 Å². The summed E-state index contributed by atoms with van der Waals surface area (Å²) >= 11 is 0. The van der Waals surface area contributed by atoms with Crippen LogP contribution in [-0.2, 0) is 9.53 Å². The summed E-state index contributed by atoms with van der Waals surface area (Å²) in [6, 6.07) is 4.61. The maximum Gasteiger partial charge on any atom is 0.246 e. The first-order valence-electron chi connectivity index (χ1n) is 6.03. The highest BCUT2D eigenvalue weighted by molar-refractivity contribution is 5.92. The van der Waals surface area contributed by atoms with Gasteiger partial charge in [-0.2, -0.15) is 0 Å². The Morgan fingerprint density at radius 3 is 2.74 bits per heavy atom. The van der Waals surface area contributed by atoms with Crippen LogP contribution < -0.4 is 0 Å². The average Bonchev–Trinajstić information content (AvgIpc) is 2.47. The van der Waals surface area contributed by atoms with Gasteiger partial charge in [0.25, 0.3) is 0 Å². The quantitative estimate of drug-likeness (QED) is 0.653. The summed E-state index contributed by atoms with van der Waals surface area (Å²) in [5.74, 6) is -0.143. The zero-order chi connectivity index (χ0) is 13.7. The third-order valence-electron chi connectivity index (χ3n) is 2.92. The maximum atomic E-state index is 11.9. The van der Waals surface area contributed by atoms with Gasteiger partial charge in [0.1, 0.15) is 5.75 Å². The van der Waals surface area contributed by atoms with Crippen molar-refractivity contribution in [3.8, 4) is 5.75 Å². The largest absolute Gasteiger partial charge is 0.507 e. The molecule has 1 N–H and O–H groups in total. The first kappa shape index (κ1) is 13.3. The molecule has 0 saturated carbocycles. The third kappa shape index (κ3) is 3.42. The second-order valence-electron chi connectivity index (χ2n) is 4.21. The standard InChI is InChI=1S/C14H15NO4/c16-10-12-9-11(1-3-13(12)17)2-4-14(18)15-5-7-19-8-6-15/h1-4,9-10,17H,5-8H2/b4-2+. The molecular weight excluding hydrogens is 246 g/mol. The average molecular weight is 261 g/mol. The molecule has 0 radical (unpaired) electrons. The Labute approximate surface area is 111 Å². The molecule has 0 aliphatic carbocycles. The molecule has 0 atom stereocenters. The highest BCUT2D eigenvalue weighted by Gasteiger charge is 2.13. The number of rotatable bonds is 3. The fourth-order valence-electron chi connectivity index (χ4n) is 1.83. The third-order valence-corrected chi connectivity index (χ3v) is 2.92. The predicted molar refractivity (Wildman–Crippen MR) is 69.9 cm³/mol. The number of hydrogen-bond donors (Lipinski definition) is 1. The molecule has 1 saturated heterocycles. The van der Waals surface area contributed by atoms with Crippen LogP contribution in [0.2, 0.25) is 0 Å². The van der Waals surface area contributed by atoms with Gasteiger partial charge in [-0.15, -0.1) is 0 Å². The van der Waals surface area contributed by atoms with E-state index in [9.17, 15) is 14.7 Å². The molecule has 1 aliphatic heterocycles. The summed E-state index contributed by atoms with van der Waals surface area (Å²) in [6.07, 6.45) is 3.67. The van der Waals surface area contributed by atoms with Gasteiger partial charge in [0, 0.05) is 19.2 Å². The minimum Gasteiger partial charge on any atom is -0.507 e. The molecular formula is C14H15NO4. The van der Waals surface area contributed by atoms with Crippen LogP contribution in [0.25, 0.3) is 6.08 Å². The van der Waals surface area contributed by atoms with E-state index in [0.29, 0.717) is 38.2 Å². The molecule has 19 heavy (non-hydrogen) atoms. The summed E-state index contributed by atoms with van der Waals surface area (Å²) in [5.41, 5.74) is 0.905. The van der Waals surface area contributed by atoms with Gasteiger partial charge in [0.15, 0.2) is 6.29 Å². The summed E-state index contributed by atoms with van der Waals surface area (Å²) in [4.78, 5) is 24.3. The van der Waals surface area contributed by atoms with E-state index in [-0.39, 0.29) is 17.2 Å². The van der Waals surface area contributed by atoms with Crippen LogP contribution in [0.5, 0.6) is 5.75 Å². The van der Waals surface area contributed by atoms with E-state index in [1.54, 1.807) is 17.0 Å². The molecule has 1 fully saturated rings. The smallest absolute Gasteiger partial charge is 0.246 e. The van der Waals surface area contributed by atoms with Crippen molar-refractivity contribution in [3.63, 3.8) is 0 Å². The molecule has 2 rings (SSSR count). The molecule has 5 heteroatoms. The number of amides is 1. The first-order chi connectivity index (χ1) is 9.20. The zero-order valence-corrected chi connectivity index (χ0v) is 10.4. The fraction of sp³-hybridized carbons (Fsp3) is 0.286. The van der Waals surface area contributed by atoms with E-state index in [0.717, 1.165) is 0 Å². The van der Waals surface area contributed by atoms with Gasteiger partial charge >= 0.3 is 0 Å². The molecule has 1 amide bonds. The fourth-order valence-corrected chi connectivity index (χ4v) is 1.83. The number of carbonyl (C=O) groups excluding carboxylic acids is 2. The van der Waals surface area contributed by atoms with Crippen LogP contribution >= 0.6 is 0 Å². The Kier molecular flexibility index (Phi) is 4.30. The Bertz CT molecular complexity index is 504. The number of aldehydes is 1. The second kappa shape index (κ2) is 6.15. The Morgan fingerprint density at radius 1 is 1.32 bits per heavy atom. The molecule has 0 unspecified atom stereocenters. The van der Waals surface area contributed by atoms with Gasteiger partial charge in [-0.25, -0.2) is 0 Å². The van der Waals surface area contributed by atoms with Gasteiger partial charge in [-0.05, 0) is 23.8 Å². The van der Waals surface area contributed by atoms with Crippen LogP contribution in [0.3, 0.4) is 0 Å². The molecule has 100 valence electrons. The Hall–Kier alpha value is -2.14. The zero-order valence-electron chi connectivity index (χ0n) is 10.4. The predicted octanol–water partition coefficient (Wildman–Crippen LogP) is 1.08. The normalized spacial score (nSPS) is 15.7. The van der Waals surface area contributed by atoms with Gasteiger partial charge in [0.2, 0.25) is 5.91 Å². The summed E-state index contributed by atoms with van der Waals surface area (Å²) in [5, 5.41) is 9.37. The van der Waals surface area contributed by atoms with Crippen LogP contribution in [0.1, 0.15) is 15.9 Å². The van der Waals surface area contributed by atoms with E-state index in [1.807, 2.05) is 0 Å². The number of hydrogen-bond acceptors (Lipinski definition) is 4. The van der Waals surface area contributed by atoms with E-state index < -0.39 is 0 Å². The van der Waals surface area contributed by atoms with Gasteiger partial charge in [0.05, 0.1) is 18.8 Å². The number of morpholine rings is 1.